The molecule has 1 atom stereocenters. The van der Waals surface area contributed by atoms with E-state index in [0.717, 1.165) is 5.56 Å². The minimum absolute atomic E-state index is 0.00681. The number of rotatable bonds is 4. The maximum atomic E-state index is 13.5. The summed E-state index contributed by atoms with van der Waals surface area (Å²) < 4.78 is 15.2. The summed E-state index contributed by atoms with van der Waals surface area (Å²) >= 11 is 0. The van der Waals surface area contributed by atoms with E-state index < -0.39 is 11.7 Å². The van der Waals surface area contributed by atoms with Crippen LogP contribution in [-0.4, -0.2) is 21.6 Å². The summed E-state index contributed by atoms with van der Waals surface area (Å²) in [5, 5.41) is 9.83. The van der Waals surface area contributed by atoms with Crippen LogP contribution in [0.2, 0.25) is 0 Å². The Kier molecular flexibility index (Phi) is 5.35. The van der Waals surface area contributed by atoms with Crippen LogP contribution in [-0.2, 0) is 21.5 Å². The highest BCUT2D eigenvalue weighted by Crippen LogP contribution is 2.33. The number of hydrogen-bond donors (Lipinski definition) is 2. The number of carbonyl (C=O) groups excluding carboxylic acids is 2. The van der Waals surface area contributed by atoms with Crippen molar-refractivity contribution in [2.45, 2.75) is 45.1 Å². The number of hydrogen-bond acceptors (Lipinski definition) is 3. The zero-order valence-electron chi connectivity index (χ0n) is 17.8. The van der Waals surface area contributed by atoms with Gasteiger partial charge in [-0.15, -0.1) is 0 Å². The van der Waals surface area contributed by atoms with E-state index in [9.17, 15) is 14.0 Å². The first-order chi connectivity index (χ1) is 14.7. The van der Waals surface area contributed by atoms with E-state index in [2.05, 4.69) is 60.8 Å². The van der Waals surface area contributed by atoms with Gasteiger partial charge in [0.1, 0.15) is 11.6 Å². The maximum Gasteiger partial charge on any atom is 0.233 e. The normalized spacial score (nSPS) is 15.9. The monoisotopic (exact) mass is 420 g/mol. The molecule has 2 heterocycles. The predicted octanol–water partition coefficient (Wildman–Crippen LogP) is 4.43. The lowest BCUT2D eigenvalue weighted by Crippen LogP contribution is -2.31. The summed E-state index contributed by atoms with van der Waals surface area (Å²) in [6, 6.07) is 14.1. The molecule has 2 amide bonds. The first kappa shape index (κ1) is 20.8. The summed E-state index contributed by atoms with van der Waals surface area (Å²) in [4.78, 5) is 25.0. The number of halogens is 1. The number of anilines is 2. The zero-order chi connectivity index (χ0) is 22.2. The van der Waals surface area contributed by atoms with Gasteiger partial charge in [-0.05, 0) is 34.2 Å². The number of aromatic nitrogens is 2. The minimum Gasteiger partial charge on any atom is -0.326 e. The van der Waals surface area contributed by atoms with Crippen molar-refractivity contribution in [1.29, 1.82) is 0 Å². The first-order valence-electron chi connectivity index (χ1n) is 10.2. The Morgan fingerprint density at radius 2 is 1.94 bits per heavy atom. The lowest BCUT2D eigenvalue weighted by Gasteiger charge is -2.25. The molecular formula is C24H25FN4O2. The van der Waals surface area contributed by atoms with Crippen molar-refractivity contribution in [2.75, 3.05) is 10.6 Å². The Balaban J connectivity index is 1.51. The Hall–Kier alpha value is -3.48. The molecule has 0 saturated heterocycles. The maximum absolute atomic E-state index is 13.5. The molecule has 1 aromatic heterocycles. The van der Waals surface area contributed by atoms with E-state index in [0.29, 0.717) is 23.6 Å². The topological polar surface area (TPSA) is 76.0 Å². The summed E-state index contributed by atoms with van der Waals surface area (Å²) in [7, 11) is 0. The molecule has 4 rings (SSSR count). The van der Waals surface area contributed by atoms with Crippen LogP contribution in [0.25, 0.3) is 0 Å². The van der Waals surface area contributed by atoms with Crippen molar-refractivity contribution in [1.82, 2.24) is 9.78 Å². The standard InChI is InChI=1S/C24H25FN4O2/c1-24(2,3)16-6-4-15(5-7-16)14-29-21(10-11-26-29)28-23(31)19-13-22(30)27-20-12-17(25)8-9-18(19)20/h4-12,19H,13-14H2,1-3H3,(H,27,30)(H,28,31)/t19-/m0/s1. The van der Waals surface area contributed by atoms with E-state index in [1.165, 1.54) is 17.7 Å². The molecule has 7 heteroatoms. The molecule has 2 N–H and O–H groups in total. The van der Waals surface area contributed by atoms with Gasteiger partial charge in [0, 0.05) is 18.2 Å². The van der Waals surface area contributed by atoms with Gasteiger partial charge in [-0.1, -0.05) is 51.1 Å². The van der Waals surface area contributed by atoms with Crippen molar-refractivity contribution in [3.05, 3.63) is 77.2 Å². The molecule has 6 nitrogen and oxygen atoms in total. The lowest BCUT2D eigenvalue weighted by atomic mass is 9.87. The van der Waals surface area contributed by atoms with Gasteiger partial charge in [0.25, 0.3) is 0 Å². The number of carbonyl (C=O) groups is 2. The molecule has 0 aliphatic carbocycles. The van der Waals surface area contributed by atoms with Crippen LogP contribution in [0.4, 0.5) is 15.9 Å². The third kappa shape index (κ3) is 4.50. The van der Waals surface area contributed by atoms with Crippen molar-refractivity contribution in [3.63, 3.8) is 0 Å². The largest absolute Gasteiger partial charge is 0.326 e. The summed E-state index contributed by atoms with van der Waals surface area (Å²) in [5.74, 6) is -1.26. The molecule has 1 aliphatic heterocycles. The SMILES string of the molecule is CC(C)(C)c1ccc(Cn2nccc2NC(=O)[C@H]2CC(=O)Nc3cc(F)ccc32)cc1. The van der Waals surface area contributed by atoms with Crippen LogP contribution in [0.5, 0.6) is 0 Å². The Labute approximate surface area is 180 Å². The summed E-state index contributed by atoms with van der Waals surface area (Å²) in [6.07, 6.45) is 1.63. The molecule has 160 valence electrons. The fraction of sp³-hybridized carbons (Fsp3) is 0.292. The van der Waals surface area contributed by atoms with Crippen LogP contribution in [0.15, 0.2) is 54.7 Å². The van der Waals surface area contributed by atoms with Crippen LogP contribution in [0, 0.1) is 5.82 Å². The molecule has 3 aromatic rings. The average Bonchev–Trinajstić information content (AvgIpc) is 3.13. The molecule has 0 saturated carbocycles. The van der Waals surface area contributed by atoms with Gasteiger partial charge in [0.05, 0.1) is 18.7 Å². The molecule has 0 bridgehead atoms. The quantitative estimate of drug-likeness (QED) is 0.656. The van der Waals surface area contributed by atoms with Gasteiger partial charge in [-0.25, -0.2) is 9.07 Å². The highest BCUT2D eigenvalue weighted by molar-refractivity contribution is 6.04. The van der Waals surface area contributed by atoms with E-state index in [4.69, 9.17) is 0 Å². The summed E-state index contributed by atoms with van der Waals surface area (Å²) in [6.45, 7) is 7.00. The molecule has 0 spiro atoms. The molecule has 31 heavy (non-hydrogen) atoms. The molecule has 2 aromatic carbocycles. The molecule has 1 aliphatic rings. The smallest absolute Gasteiger partial charge is 0.233 e. The number of nitrogens with zero attached hydrogens (tertiary/aromatic N) is 2. The number of amides is 2. The van der Waals surface area contributed by atoms with Gasteiger partial charge in [0.15, 0.2) is 0 Å². The van der Waals surface area contributed by atoms with E-state index >= 15 is 0 Å². The highest BCUT2D eigenvalue weighted by Gasteiger charge is 2.31. The highest BCUT2D eigenvalue weighted by atomic mass is 19.1. The van der Waals surface area contributed by atoms with Gasteiger partial charge >= 0.3 is 0 Å². The lowest BCUT2D eigenvalue weighted by molar-refractivity contribution is -0.123. The molecule has 0 fully saturated rings. The zero-order valence-corrected chi connectivity index (χ0v) is 17.8. The van der Waals surface area contributed by atoms with E-state index in [-0.39, 0.29) is 23.7 Å². The minimum atomic E-state index is -0.696. The van der Waals surface area contributed by atoms with Gasteiger partial charge < -0.3 is 10.6 Å². The molecule has 0 radical (unpaired) electrons. The van der Waals surface area contributed by atoms with Gasteiger partial charge in [0.2, 0.25) is 11.8 Å². The van der Waals surface area contributed by atoms with E-state index in [1.807, 2.05) is 0 Å². The van der Waals surface area contributed by atoms with Crippen LogP contribution in [0.1, 0.15) is 49.8 Å². The third-order valence-electron chi connectivity index (χ3n) is 5.49. The first-order valence-corrected chi connectivity index (χ1v) is 10.2. The van der Waals surface area contributed by atoms with Crippen LogP contribution < -0.4 is 10.6 Å². The Morgan fingerprint density at radius 1 is 1.19 bits per heavy atom. The summed E-state index contributed by atoms with van der Waals surface area (Å²) in [5.41, 5.74) is 3.32. The third-order valence-corrected chi connectivity index (χ3v) is 5.49. The Morgan fingerprint density at radius 3 is 2.65 bits per heavy atom. The molecular weight excluding hydrogens is 395 g/mol. The van der Waals surface area contributed by atoms with Gasteiger partial charge in [-0.3, -0.25) is 9.59 Å². The van der Waals surface area contributed by atoms with Crippen LogP contribution >= 0.6 is 0 Å². The van der Waals surface area contributed by atoms with Crippen molar-refractivity contribution >= 4 is 23.3 Å². The fourth-order valence-electron chi connectivity index (χ4n) is 3.73. The molecule has 0 unspecified atom stereocenters. The number of benzene rings is 2. The average molecular weight is 420 g/mol. The van der Waals surface area contributed by atoms with Crippen LogP contribution in [0.3, 0.4) is 0 Å². The van der Waals surface area contributed by atoms with Gasteiger partial charge in [-0.2, -0.15) is 5.10 Å². The van der Waals surface area contributed by atoms with Crippen molar-refractivity contribution in [3.8, 4) is 0 Å². The number of fused-ring (bicyclic) bond motifs is 1. The van der Waals surface area contributed by atoms with Crippen molar-refractivity contribution < 1.29 is 14.0 Å². The predicted molar refractivity (Wildman–Crippen MR) is 117 cm³/mol. The second-order valence-corrected chi connectivity index (χ2v) is 8.85. The van der Waals surface area contributed by atoms with E-state index in [1.54, 1.807) is 23.0 Å². The van der Waals surface area contributed by atoms with Crippen molar-refractivity contribution in [2.24, 2.45) is 0 Å². The fourth-order valence-corrected chi connectivity index (χ4v) is 3.73. The Bertz CT molecular complexity index is 1130. The second-order valence-electron chi connectivity index (χ2n) is 8.85. The second kappa shape index (κ2) is 7.98. The number of nitrogens with one attached hydrogen (secondary N) is 2.